The van der Waals surface area contributed by atoms with Crippen LogP contribution in [-0.2, 0) is 20.9 Å². The Bertz CT molecular complexity index is 537. The Labute approximate surface area is 152 Å². The van der Waals surface area contributed by atoms with Crippen molar-refractivity contribution in [1.29, 1.82) is 0 Å². The molecule has 0 saturated carbocycles. The third-order valence-corrected chi connectivity index (χ3v) is 6.14. The third-order valence-electron chi connectivity index (χ3n) is 3.29. The standard InChI is InChI=1S/C17H25NO4S2/c1-18(2)15(20)7-9-23-17(24-10-8-16(21)22-3)14-6-4-5-13(11-14)12-19/h4-6,11,17,19H,7-10,12H2,1-3H3. The number of benzene rings is 1. The van der Waals surface area contributed by atoms with Gasteiger partial charge in [0.1, 0.15) is 0 Å². The molecule has 134 valence electrons. The van der Waals surface area contributed by atoms with Crippen molar-refractivity contribution in [1.82, 2.24) is 4.90 Å². The zero-order chi connectivity index (χ0) is 17.9. The molecule has 1 N–H and O–H groups in total. The molecule has 1 amide bonds. The van der Waals surface area contributed by atoms with Crippen LogP contribution in [0.15, 0.2) is 24.3 Å². The number of amides is 1. The zero-order valence-corrected chi connectivity index (χ0v) is 16.0. The summed E-state index contributed by atoms with van der Waals surface area (Å²) < 4.78 is 4.78. The van der Waals surface area contributed by atoms with Crippen LogP contribution in [0.2, 0.25) is 0 Å². The van der Waals surface area contributed by atoms with E-state index in [1.165, 1.54) is 7.11 Å². The first-order valence-corrected chi connectivity index (χ1v) is 9.77. The lowest BCUT2D eigenvalue weighted by Gasteiger charge is -2.18. The molecule has 0 radical (unpaired) electrons. The van der Waals surface area contributed by atoms with Crippen molar-refractivity contribution in [3.05, 3.63) is 35.4 Å². The minimum Gasteiger partial charge on any atom is -0.469 e. The minimum atomic E-state index is -0.224. The molecular formula is C17H25NO4S2. The fraction of sp³-hybridized carbons (Fsp3) is 0.529. The predicted molar refractivity (Wildman–Crippen MR) is 100.0 cm³/mol. The van der Waals surface area contributed by atoms with Gasteiger partial charge in [-0.05, 0) is 11.1 Å². The lowest BCUT2D eigenvalue weighted by atomic mass is 10.1. The summed E-state index contributed by atoms with van der Waals surface area (Å²) in [6, 6.07) is 7.77. The Morgan fingerprint density at radius 2 is 1.88 bits per heavy atom. The lowest BCUT2D eigenvalue weighted by Crippen LogP contribution is -2.21. The third kappa shape index (κ3) is 7.59. The van der Waals surface area contributed by atoms with Gasteiger partial charge in [-0.2, -0.15) is 0 Å². The van der Waals surface area contributed by atoms with Crippen LogP contribution in [0.3, 0.4) is 0 Å². The van der Waals surface area contributed by atoms with Crippen LogP contribution >= 0.6 is 23.5 Å². The molecule has 0 spiro atoms. The molecule has 0 fully saturated rings. The molecule has 0 aliphatic carbocycles. The van der Waals surface area contributed by atoms with Gasteiger partial charge in [0, 0.05) is 32.0 Å². The zero-order valence-electron chi connectivity index (χ0n) is 14.4. The number of hydrogen-bond acceptors (Lipinski definition) is 6. The molecule has 1 unspecified atom stereocenters. The largest absolute Gasteiger partial charge is 0.469 e. The van der Waals surface area contributed by atoms with Crippen molar-refractivity contribution in [3.63, 3.8) is 0 Å². The van der Waals surface area contributed by atoms with Gasteiger partial charge < -0.3 is 14.7 Å². The normalized spacial score (nSPS) is 11.8. The fourth-order valence-corrected chi connectivity index (χ4v) is 4.55. The number of thioether (sulfide) groups is 2. The van der Waals surface area contributed by atoms with Gasteiger partial charge in [-0.25, -0.2) is 0 Å². The van der Waals surface area contributed by atoms with Gasteiger partial charge in [0.15, 0.2) is 0 Å². The van der Waals surface area contributed by atoms with Gasteiger partial charge in [-0.1, -0.05) is 24.3 Å². The topological polar surface area (TPSA) is 66.8 Å². The summed E-state index contributed by atoms with van der Waals surface area (Å²) in [5, 5.41) is 9.31. The molecular weight excluding hydrogens is 346 g/mol. The molecule has 1 rings (SSSR count). The predicted octanol–water partition coefficient (Wildman–Crippen LogP) is 2.69. The van der Waals surface area contributed by atoms with Crippen molar-refractivity contribution in [2.45, 2.75) is 24.0 Å². The highest BCUT2D eigenvalue weighted by molar-refractivity contribution is 8.16. The van der Waals surface area contributed by atoms with E-state index in [2.05, 4.69) is 4.74 Å². The maximum Gasteiger partial charge on any atom is 0.306 e. The number of aliphatic hydroxyl groups is 1. The summed E-state index contributed by atoms with van der Waals surface area (Å²) in [7, 11) is 4.89. The number of nitrogens with zero attached hydrogens (tertiary/aromatic N) is 1. The molecule has 1 aromatic rings. The van der Waals surface area contributed by atoms with Crippen molar-refractivity contribution in [2.24, 2.45) is 0 Å². The second kappa shape index (κ2) is 11.4. The first kappa shape index (κ1) is 20.9. The molecule has 0 bridgehead atoms. The van der Waals surface area contributed by atoms with E-state index in [0.29, 0.717) is 24.3 Å². The first-order valence-electron chi connectivity index (χ1n) is 7.67. The van der Waals surface area contributed by atoms with Gasteiger partial charge in [0.05, 0.1) is 24.7 Å². The van der Waals surface area contributed by atoms with E-state index < -0.39 is 0 Å². The van der Waals surface area contributed by atoms with Crippen LogP contribution in [-0.4, -0.2) is 54.6 Å². The van der Waals surface area contributed by atoms with E-state index in [1.54, 1.807) is 42.5 Å². The summed E-state index contributed by atoms with van der Waals surface area (Å²) in [5.74, 6) is 1.23. The maximum absolute atomic E-state index is 11.7. The molecule has 0 heterocycles. The van der Waals surface area contributed by atoms with Crippen LogP contribution in [0, 0.1) is 0 Å². The van der Waals surface area contributed by atoms with E-state index in [1.807, 2.05) is 24.3 Å². The van der Waals surface area contributed by atoms with Crippen molar-refractivity contribution < 1.29 is 19.4 Å². The molecule has 5 nitrogen and oxygen atoms in total. The van der Waals surface area contributed by atoms with Crippen LogP contribution in [0.1, 0.15) is 28.6 Å². The van der Waals surface area contributed by atoms with Crippen LogP contribution < -0.4 is 0 Å². The highest BCUT2D eigenvalue weighted by Gasteiger charge is 2.15. The van der Waals surface area contributed by atoms with Crippen LogP contribution in [0.5, 0.6) is 0 Å². The molecule has 1 aromatic carbocycles. The Morgan fingerprint density at radius 1 is 1.21 bits per heavy atom. The quantitative estimate of drug-likeness (QED) is 0.504. The molecule has 7 heteroatoms. The SMILES string of the molecule is COC(=O)CCSC(SCCC(=O)N(C)C)c1cccc(CO)c1. The first-order chi connectivity index (χ1) is 11.5. The summed E-state index contributed by atoms with van der Waals surface area (Å²) >= 11 is 3.33. The monoisotopic (exact) mass is 371 g/mol. The van der Waals surface area contributed by atoms with Gasteiger partial charge in [-0.3, -0.25) is 9.59 Å². The number of carbonyl (C=O) groups is 2. The van der Waals surface area contributed by atoms with Crippen LogP contribution in [0.25, 0.3) is 0 Å². The van der Waals surface area contributed by atoms with Crippen molar-refractivity contribution in [3.8, 4) is 0 Å². The summed E-state index contributed by atoms with van der Waals surface area (Å²) in [6.45, 7) is -0.00281. The number of hydrogen-bond donors (Lipinski definition) is 1. The van der Waals surface area contributed by atoms with Gasteiger partial charge in [0.25, 0.3) is 0 Å². The fourth-order valence-electron chi connectivity index (χ4n) is 1.91. The molecule has 0 saturated heterocycles. The number of ether oxygens (including phenoxy) is 1. The van der Waals surface area contributed by atoms with Gasteiger partial charge in [-0.15, -0.1) is 23.5 Å². The summed E-state index contributed by atoms with van der Waals surface area (Å²) in [4.78, 5) is 24.6. The molecule has 24 heavy (non-hydrogen) atoms. The highest BCUT2D eigenvalue weighted by atomic mass is 32.2. The van der Waals surface area contributed by atoms with Crippen molar-refractivity contribution in [2.75, 3.05) is 32.7 Å². The number of rotatable bonds is 10. The number of methoxy groups -OCH3 is 1. The smallest absolute Gasteiger partial charge is 0.306 e. The molecule has 0 aliphatic heterocycles. The number of aliphatic hydroxyl groups excluding tert-OH is 1. The Morgan fingerprint density at radius 3 is 2.46 bits per heavy atom. The average Bonchev–Trinajstić information content (AvgIpc) is 2.59. The van der Waals surface area contributed by atoms with E-state index in [-0.39, 0.29) is 23.1 Å². The maximum atomic E-state index is 11.7. The average molecular weight is 372 g/mol. The number of esters is 1. The van der Waals surface area contributed by atoms with Gasteiger partial charge in [0.2, 0.25) is 5.91 Å². The second-order valence-corrected chi connectivity index (χ2v) is 8.07. The Balaban J connectivity index is 2.67. The summed E-state index contributed by atoms with van der Waals surface area (Å²) in [6.07, 6.45) is 0.833. The van der Waals surface area contributed by atoms with E-state index in [0.717, 1.165) is 11.1 Å². The highest BCUT2D eigenvalue weighted by Crippen LogP contribution is 2.40. The summed E-state index contributed by atoms with van der Waals surface area (Å²) in [5.41, 5.74) is 1.94. The Kier molecular flexibility index (Phi) is 9.90. The van der Waals surface area contributed by atoms with E-state index in [9.17, 15) is 14.7 Å². The minimum absolute atomic E-state index is 0.00281. The Hall–Kier alpha value is -1.18. The molecule has 1 atom stereocenters. The molecule has 0 aromatic heterocycles. The van der Waals surface area contributed by atoms with Crippen molar-refractivity contribution >= 4 is 35.4 Å². The van der Waals surface area contributed by atoms with Crippen LogP contribution in [0.4, 0.5) is 0 Å². The number of carbonyl (C=O) groups excluding carboxylic acids is 2. The second-order valence-electron chi connectivity index (χ2n) is 5.34. The van der Waals surface area contributed by atoms with E-state index >= 15 is 0 Å². The lowest BCUT2D eigenvalue weighted by molar-refractivity contribution is -0.140. The molecule has 0 aliphatic rings. The van der Waals surface area contributed by atoms with Gasteiger partial charge >= 0.3 is 5.97 Å². The van der Waals surface area contributed by atoms with E-state index in [4.69, 9.17) is 0 Å².